The number of amides is 1. The Morgan fingerprint density at radius 3 is 2.93 bits per heavy atom. The normalized spacial score (nSPS) is 16.8. The minimum absolute atomic E-state index is 0.0549. The number of nitrogens with one attached hydrogen (secondary N) is 1. The van der Waals surface area contributed by atoms with Gasteiger partial charge >= 0.3 is 0 Å². The van der Waals surface area contributed by atoms with Crippen LogP contribution in [0, 0.1) is 0 Å². The summed E-state index contributed by atoms with van der Waals surface area (Å²) in [6, 6.07) is 16.1. The summed E-state index contributed by atoms with van der Waals surface area (Å²) in [5, 5.41) is 1.85. The van der Waals surface area contributed by atoms with Gasteiger partial charge in [-0.1, -0.05) is 41.7 Å². The van der Waals surface area contributed by atoms with Crippen molar-refractivity contribution in [1.82, 2.24) is 9.97 Å². The van der Waals surface area contributed by atoms with Crippen LogP contribution in [0.25, 0.3) is 21.1 Å². The lowest BCUT2D eigenvalue weighted by Gasteiger charge is -2.23. The van der Waals surface area contributed by atoms with Crippen LogP contribution in [-0.4, -0.2) is 35.1 Å². The molecule has 1 unspecified atom stereocenters. The maximum Gasteiger partial charge on any atom is 0.233 e. The van der Waals surface area contributed by atoms with E-state index in [4.69, 9.17) is 9.72 Å². The first kappa shape index (κ1) is 17.4. The fraction of sp³-hybridized carbons (Fsp3) is 0.273. The van der Waals surface area contributed by atoms with Gasteiger partial charge in [0.1, 0.15) is 0 Å². The molecule has 4 aromatic rings. The number of aromatic nitrogens is 2. The molecule has 1 amide bonds. The Bertz CT molecular complexity index is 1090. The van der Waals surface area contributed by atoms with Gasteiger partial charge in [-0.2, -0.15) is 0 Å². The first-order valence-corrected chi connectivity index (χ1v) is 10.4. The molecule has 1 saturated heterocycles. The fourth-order valence-corrected chi connectivity index (χ4v) is 4.78. The number of aromatic amines is 1. The first-order chi connectivity index (χ1) is 13.8. The maximum absolute atomic E-state index is 13.3. The lowest BCUT2D eigenvalue weighted by Crippen LogP contribution is -2.38. The molecule has 1 aliphatic rings. The Hall–Kier alpha value is -2.70. The zero-order chi connectivity index (χ0) is 18.9. The summed E-state index contributed by atoms with van der Waals surface area (Å²) >= 11 is 1.56. The Morgan fingerprint density at radius 1 is 1.21 bits per heavy atom. The van der Waals surface area contributed by atoms with Gasteiger partial charge in [-0.25, -0.2) is 4.98 Å². The van der Waals surface area contributed by atoms with Crippen molar-refractivity contribution in [3.05, 3.63) is 60.3 Å². The second-order valence-corrected chi connectivity index (χ2v) is 8.15. The van der Waals surface area contributed by atoms with E-state index >= 15 is 0 Å². The number of ether oxygens (including phenoxy) is 1. The van der Waals surface area contributed by atoms with Crippen LogP contribution in [0.4, 0.5) is 5.13 Å². The summed E-state index contributed by atoms with van der Waals surface area (Å²) in [5.41, 5.74) is 3.00. The van der Waals surface area contributed by atoms with Crippen molar-refractivity contribution < 1.29 is 9.53 Å². The average Bonchev–Trinajstić information content (AvgIpc) is 3.46. The smallest absolute Gasteiger partial charge is 0.233 e. The van der Waals surface area contributed by atoms with Crippen molar-refractivity contribution in [2.75, 3.05) is 18.1 Å². The van der Waals surface area contributed by atoms with E-state index in [1.165, 1.54) is 0 Å². The van der Waals surface area contributed by atoms with Gasteiger partial charge in [0, 0.05) is 23.7 Å². The number of para-hydroxylation sites is 2. The molecule has 5 nitrogen and oxygen atoms in total. The number of H-pyrrole nitrogens is 1. The van der Waals surface area contributed by atoms with E-state index in [1.807, 2.05) is 53.6 Å². The third-order valence-corrected chi connectivity index (χ3v) is 6.30. The SMILES string of the molecule is O=C(Cc1c[nH]c2ccccc12)N(CC1CCCO1)c1nc2ccccc2s1. The predicted octanol–water partition coefficient (Wildman–Crippen LogP) is 4.53. The van der Waals surface area contributed by atoms with Crippen LogP contribution in [0.2, 0.25) is 0 Å². The number of fused-ring (bicyclic) bond motifs is 2. The Morgan fingerprint density at radius 2 is 2.07 bits per heavy atom. The number of benzene rings is 2. The van der Waals surface area contributed by atoms with E-state index in [0.29, 0.717) is 13.0 Å². The van der Waals surface area contributed by atoms with Gasteiger partial charge < -0.3 is 9.72 Å². The number of carbonyl (C=O) groups excluding carboxylic acids is 1. The molecule has 2 aromatic heterocycles. The highest BCUT2D eigenvalue weighted by Gasteiger charge is 2.26. The van der Waals surface area contributed by atoms with Crippen molar-refractivity contribution in [3.8, 4) is 0 Å². The topological polar surface area (TPSA) is 58.2 Å². The second kappa shape index (κ2) is 7.37. The van der Waals surface area contributed by atoms with Crippen molar-refractivity contribution in [2.24, 2.45) is 0 Å². The van der Waals surface area contributed by atoms with Crippen LogP contribution in [0.5, 0.6) is 0 Å². The number of nitrogens with zero attached hydrogens (tertiary/aromatic N) is 2. The fourth-order valence-electron chi connectivity index (χ4n) is 3.79. The van der Waals surface area contributed by atoms with Crippen LogP contribution >= 0.6 is 11.3 Å². The van der Waals surface area contributed by atoms with Crippen molar-refractivity contribution >= 4 is 43.5 Å². The van der Waals surface area contributed by atoms with Crippen LogP contribution in [0.15, 0.2) is 54.7 Å². The number of thiazole rings is 1. The molecule has 0 bridgehead atoms. The van der Waals surface area contributed by atoms with Crippen LogP contribution < -0.4 is 4.90 Å². The van der Waals surface area contributed by atoms with Crippen molar-refractivity contribution in [3.63, 3.8) is 0 Å². The molecule has 6 heteroatoms. The number of hydrogen-bond acceptors (Lipinski definition) is 4. The summed E-state index contributed by atoms with van der Waals surface area (Å²) in [7, 11) is 0. The molecule has 1 aliphatic heterocycles. The Balaban J connectivity index is 1.46. The van der Waals surface area contributed by atoms with E-state index in [-0.39, 0.29) is 12.0 Å². The third kappa shape index (κ3) is 3.30. The van der Waals surface area contributed by atoms with Crippen molar-refractivity contribution in [1.29, 1.82) is 0 Å². The minimum atomic E-state index is 0.0549. The van der Waals surface area contributed by atoms with Gasteiger partial charge in [-0.3, -0.25) is 9.69 Å². The van der Waals surface area contributed by atoms with E-state index in [2.05, 4.69) is 11.1 Å². The van der Waals surface area contributed by atoms with Gasteiger partial charge in [0.25, 0.3) is 0 Å². The maximum atomic E-state index is 13.3. The highest BCUT2D eigenvalue weighted by molar-refractivity contribution is 7.22. The summed E-state index contributed by atoms with van der Waals surface area (Å²) in [4.78, 5) is 23.2. The van der Waals surface area contributed by atoms with E-state index < -0.39 is 0 Å². The van der Waals surface area contributed by atoms with Gasteiger partial charge in [-0.05, 0) is 36.6 Å². The first-order valence-electron chi connectivity index (χ1n) is 9.60. The zero-order valence-electron chi connectivity index (χ0n) is 15.4. The average molecular weight is 391 g/mol. The molecule has 2 aromatic carbocycles. The summed E-state index contributed by atoms with van der Waals surface area (Å²) in [5.74, 6) is 0.0549. The summed E-state index contributed by atoms with van der Waals surface area (Å²) in [6.45, 7) is 1.33. The quantitative estimate of drug-likeness (QED) is 0.544. The van der Waals surface area contributed by atoms with E-state index in [0.717, 1.165) is 51.3 Å². The molecular weight excluding hydrogens is 370 g/mol. The van der Waals surface area contributed by atoms with Gasteiger partial charge in [0.2, 0.25) is 5.91 Å². The van der Waals surface area contributed by atoms with Gasteiger partial charge in [-0.15, -0.1) is 0 Å². The van der Waals surface area contributed by atoms with Crippen molar-refractivity contribution in [2.45, 2.75) is 25.4 Å². The zero-order valence-corrected chi connectivity index (χ0v) is 16.2. The standard InChI is InChI=1S/C22H21N3O2S/c26-21(12-15-13-23-18-8-2-1-7-17(15)18)25(14-16-6-5-11-27-16)22-24-19-9-3-4-10-20(19)28-22/h1-4,7-10,13,16,23H,5-6,11-12,14H2. The molecule has 1 atom stereocenters. The molecule has 3 heterocycles. The number of hydrogen-bond donors (Lipinski definition) is 1. The summed E-state index contributed by atoms with van der Waals surface area (Å²) < 4.78 is 6.90. The molecule has 0 spiro atoms. The highest BCUT2D eigenvalue weighted by Crippen LogP contribution is 2.30. The highest BCUT2D eigenvalue weighted by atomic mass is 32.1. The molecule has 5 rings (SSSR count). The molecule has 1 N–H and O–H groups in total. The predicted molar refractivity (Wildman–Crippen MR) is 113 cm³/mol. The molecule has 142 valence electrons. The van der Waals surface area contributed by atoms with E-state index in [9.17, 15) is 4.79 Å². The molecule has 1 fully saturated rings. The van der Waals surface area contributed by atoms with Crippen LogP contribution in [-0.2, 0) is 16.0 Å². The number of carbonyl (C=O) groups is 1. The molecule has 0 aliphatic carbocycles. The molecule has 0 saturated carbocycles. The second-order valence-electron chi connectivity index (χ2n) is 7.14. The number of anilines is 1. The lowest BCUT2D eigenvalue weighted by molar-refractivity contribution is -0.118. The molecule has 28 heavy (non-hydrogen) atoms. The van der Waals surface area contributed by atoms with Gasteiger partial charge in [0.15, 0.2) is 5.13 Å². The Kier molecular flexibility index (Phi) is 4.58. The summed E-state index contributed by atoms with van der Waals surface area (Å²) in [6.07, 6.45) is 4.40. The monoisotopic (exact) mass is 391 g/mol. The van der Waals surface area contributed by atoms with Crippen LogP contribution in [0.1, 0.15) is 18.4 Å². The third-order valence-electron chi connectivity index (χ3n) is 5.24. The van der Waals surface area contributed by atoms with Gasteiger partial charge in [0.05, 0.1) is 29.3 Å². The molecular formula is C22H21N3O2S. The van der Waals surface area contributed by atoms with Crippen LogP contribution in [0.3, 0.4) is 0 Å². The Labute approximate surface area is 167 Å². The number of rotatable bonds is 5. The molecule has 0 radical (unpaired) electrons. The largest absolute Gasteiger partial charge is 0.376 e. The van der Waals surface area contributed by atoms with E-state index in [1.54, 1.807) is 11.3 Å². The minimum Gasteiger partial charge on any atom is -0.376 e. The lowest BCUT2D eigenvalue weighted by atomic mass is 10.1.